The molecule has 3 aromatic rings. The zero-order chi connectivity index (χ0) is 25.8. The second kappa shape index (κ2) is 8.57. The van der Waals surface area contributed by atoms with Gasteiger partial charge in [-0.2, -0.15) is 5.10 Å². The first-order valence-electron chi connectivity index (χ1n) is 11.2. The van der Waals surface area contributed by atoms with Gasteiger partial charge in [0.05, 0.1) is 11.4 Å². The number of aromatic nitrogens is 3. The van der Waals surface area contributed by atoms with Crippen LogP contribution in [0, 0.1) is 17.5 Å². The van der Waals surface area contributed by atoms with Crippen molar-refractivity contribution in [2.45, 2.75) is 42.2 Å². The van der Waals surface area contributed by atoms with E-state index in [1.54, 1.807) is 0 Å². The number of carbonyl (C=O) groups excluding carboxylic acids is 1. The largest absolute Gasteiger partial charge is 0.473 e. The molecule has 0 bridgehead atoms. The predicted molar refractivity (Wildman–Crippen MR) is 122 cm³/mol. The molecule has 2 fully saturated rings. The summed E-state index contributed by atoms with van der Waals surface area (Å²) in [5.41, 5.74) is -1.10. The van der Waals surface area contributed by atoms with Crippen LogP contribution in [0.15, 0.2) is 29.2 Å². The van der Waals surface area contributed by atoms with E-state index in [2.05, 4.69) is 15.5 Å². The van der Waals surface area contributed by atoms with Crippen LogP contribution in [0.5, 0.6) is 5.88 Å². The van der Waals surface area contributed by atoms with Crippen molar-refractivity contribution >= 4 is 26.6 Å². The van der Waals surface area contributed by atoms with Crippen LogP contribution in [-0.2, 0) is 23.4 Å². The number of hydrogen-bond acceptors (Lipinski definition) is 7. The van der Waals surface area contributed by atoms with E-state index in [0.717, 1.165) is 16.7 Å². The maximum absolute atomic E-state index is 13.9. The molecule has 0 aliphatic heterocycles. The Morgan fingerprint density at radius 3 is 2.61 bits per heavy atom. The third-order valence-corrected chi connectivity index (χ3v) is 9.72. The lowest BCUT2D eigenvalue weighted by Gasteiger charge is -2.17. The van der Waals surface area contributed by atoms with Crippen LogP contribution < -0.4 is 15.6 Å². The fraction of sp³-hybridized carbons (Fsp3) is 0.391. The van der Waals surface area contributed by atoms with Gasteiger partial charge >= 0.3 is 0 Å². The minimum Gasteiger partial charge on any atom is -0.473 e. The summed E-state index contributed by atoms with van der Waals surface area (Å²) in [4.78, 5) is 25.6. The molecule has 2 aromatic heterocycles. The van der Waals surface area contributed by atoms with Gasteiger partial charge in [-0.1, -0.05) is 6.07 Å². The summed E-state index contributed by atoms with van der Waals surface area (Å²) >= 11 is 0. The number of aryl methyl sites for hydroxylation is 1. The fourth-order valence-corrected chi connectivity index (χ4v) is 6.49. The van der Waals surface area contributed by atoms with E-state index in [1.165, 1.54) is 19.3 Å². The lowest BCUT2D eigenvalue weighted by molar-refractivity contribution is 0.0948. The summed E-state index contributed by atoms with van der Waals surface area (Å²) in [5.74, 6) is -5.36. The Bertz CT molecular complexity index is 1570. The van der Waals surface area contributed by atoms with Crippen LogP contribution in [0.3, 0.4) is 0 Å². The molecule has 36 heavy (non-hydrogen) atoms. The number of carbonyl (C=O) groups is 1. The highest BCUT2D eigenvalue weighted by molar-refractivity contribution is 7.94. The molecule has 0 saturated heterocycles. The van der Waals surface area contributed by atoms with E-state index >= 15 is 0 Å². The lowest BCUT2D eigenvalue weighted by Crippen LogP contribution is -2.34. The monoisotopic (exact) mass is 522 g/mol. The van der Waals surface area contributed by atoms with Crippen molar-refractivity contribution in [3.05, 3.63) is 63.3 Å². The summed E-state index contributed by atoms with van der Waals surface area (Å²) in [6.07, 6.45) is 3.60. The highest BCUT2D eigenvalue weighted by Crippen LogP contribution is 2.50. The van der Waals surface area contributed by atoms with Crippen molar-refractivity contribution in [2.75, 3.05) is 6.61 Å². The van der Waals surface area contributed by atoms with Crippen LogP contribution in [0.25, 0.3) is 10.9 Å². The second-order valence-electron chi connectivity index (χ2n) is 9.11. The molecule has 1 amide bonds. The molecule has 13 heteroatoms. The minimum atomic E-state index is -3.32. The van der Waals surface area contributed by atoms with E-state index < -0.39 is 50.0 Å². The molecule has 1 aromatic carbocycles. The first-order valence-corrected chi connectivity index (χ1v) is 12.7. The topological polar surface area (TPSA) is 120 Å². The molecule has 5 rings (SSSR count). The van der Waals surface area contributed by atoms with Gasteiger partial charge in [0.15, 0.2) is 27.3 Å². The molecule has 1 N–H and O–H groups in total. The normalized spacial score (nSPS) is 16.7. The van der Waals surface area contributed by atoms with Crippen molar-refractivity contribution in [1.29, 1.82) is 0 Å². The van der Waals surface area contributed by atoms with E-state index in [4.69, 9.17) is 4.74 Å². The molecule has 0 atom stereocenters. The summed E-state index contributed by atoms with van der Waals surface area (Å²) in [6, 6.07) is 2.97. The summed E-state index contributed by atoms with van der Waals surface area (Å²) < 4.78 is 71.9. The van der Waals surface area contributed by atoms with Crippen LogP contribution in [0.1, 0.15) is 41.6 Å². The Morgan fingerprint density at radius 1 is 1.22 bits per heavy atom. The maximum Gasteiger partial charge on any atom is 0.263 e. The number of sulfone groups is 1. The zero-order valence-electron chi connectivity index (χ0n) is 19.1. The Balaban J connectivity index is 1.39. The molecular weight excluding hydrogens is 501 g/mol. The first-order chi connectivity index (χ1) is 17.1. The van der Waals surface area contributed by atoms with E-state index in [9.17, 15) is 31.2 Å². The third kappa shape index (κ3) is 4.00. The Morgan fingerprint density at radius 2 is 1.94 bits per heavy atom. The predicted octanol–water partition coefficient (Wildman–Crippen LogP) is 2.16. The number of ether oxygens (including phenoxy) is 1. The zero-order valence-corrected chi connectivity index (χ0v) is 19.9. The van der Waals surface area contributed by atoms with E-state index in [1.807, 2.05) is 0 Å². The van der Waals surface area contributed by atoms with E-state index in [0.29, 0.717) is 31.1 Å². The smallest absolute Gasteiger partial charge is 0.263 e. The van der Waals surface area contributed by atoms with Gasteiger partial charge in [-0.05, 0) is 37.8 Å². The summed E-state index contributed by atoms with van der Waals surface area (Å²) in [5, 5.41) is 10.1. The molecule has 0 spiro atoms. The summed E-state index contributed by atoms with van der Waals surface area (Å²) in [6.45, 7) is -0.598. The molecular formula is C23H21F3N4O5S. The number of halogens is 3. The van der Waals surface area contributed by atoms with Crippen molar-refractivity contribution in [1.82, 2.24) is 20.1 Å². The van der Waals surface area contributed by atoms with Gasteiger partial charge in [-0.25, -0.2) is 21.6 Å². The van der Waals surface area contributed by atoms with Crippen LogP contribution in [0.4, 0.5) is 13.2 Å². The number of benzene rings is 1. The van der Waals surface area contributed by atoms with Gasteiger partial charge in [0.25, 0.3) is 17.3 Å². The molecule has 190 valence electrons. The van der Waals surface area contributed by atoms with Gasteiger partial charge in [0.1, 0.15) is 22.4 Å². The van der Waals surface area contributed by atoms with Gasteiger partial charge < -0.3 is 14.6 Å². The van der Waals surface area contributed by atoms with Crippen LogP contribution >= 0.6 is 0 Å². The van der Waals surface area contributed by atoms with E-state index in [-0.39, 0.29) is 34.4 Å². The molecule has 0 unspecified atom stereocenters. The van der Waals surface area contributed by atoms with Crippen molar-refractivity contribution < 1.29 is 31.1 Å². The lowest BCUT2D eigenvalue weighted by atomic mass is 10.1. The molecule has 9 nitrogen and oxygen atoms in total. The number of rotatable bonds is 8. The third-order valence-electron chi connectivity index (χ3n) is 6.64. The first kappa shape index (κ1) is 24.2. The maximum atomic E-state index is 13.9. The molecule has 2 aliphatic rings. The SMILES string of the molecule is Cn1c(=O)c(C(=O)NCc2ccc(F)c(F)c2F)cc2cnnc(OCC3(S(=O)(=O)C4CC4)CC3)c21. The molecule has 2 aliphatic carbocycles. The molecule has 2 heterocycles. The van der Waals surface area contributed by atoms with Crippen LogP contribution in [0.2, 0.25) is 0 Å². The van der Waals surface area contributed by atoms with Gasteiger partial charge in [0, 0.05) is 24.5 Å². The van der Waals surface area contributed by atoms with Gasteiger partial charge in [-0.3, -0.25) is 9.59 Å². The number of nitrogens with one attached hydrogen (secondary N) is 1. The standard InChI is InChI=1S/C23H21F3N4O5S/c1-30-19-13(10-28-29-21(19)35-11-23(6-7-23)36(33,34)14-3-4-14)8-15(22(30)32)20(31)27-9-12-2-5-16(24)18(26)17(12)25/h2,5,8,10,14H,3-4,6-7,9,11H2,1H3,(H,27,31). The Kier molecular flexibility index (Phi) is 5.77. The fourth-order valence-electron chi connectivity index (χ4n) is 4.13. The summed E-state index contributed by atoms with van der Waals surface area (Å²) in [7, 11) is -1.93. The quantitative estimate of drug-likeness (QED) is 0.450. The highest BCUT2D eigenvalue weighted by atomic mass is 32.2. The number of pyridine rings is 1. The average Bonchev–Trinajstić information content (AvgIpc) is 3.76. The number of amides is 1. The van der Waals surface area contributed by atoms with Gasteiger partial charge in [0.2, 0.25) is 0 Å². The number of fused-ring (bicyclic) bond motifs is 1. The second-order valence-corrected chi connectivity index (χ2v) is 11.7. The van der Waals surface area contributed by atoms with Gasteiger partial charge in [-0.15, -0.1) is 5.10 Å². The van der Waals surface area contributed by atoms with Crippen molar-refractivity contribution in [3.8, 4) is 5.88 Å². The highest BCUT2D eigenvalue weighted by Gasteiger charge is 2.60. The average molecular weight is 523 g/mol. The van der Waals surface area contributed by atoms with Crippen molar-refractivity contribution in [3.63, 3.8) is 0 Å². The number of nitrogens with zero attached hydrogens (tertiary/aromatic N) is 3. The van der Waals surface area contributed by atoms with Crippen molar-refractivity contribution in [2.24, 2.45) is 7.05 Å². The Labute approximate surface area is 203 Å². The molecule has 2 saturated carbocycles. The Hall–Kier alpha value is -3.48. The molecule has 0 radical (unpaired) electrons. The minimum absolute atomic E-state index is 0.0415. The number of hydrogen-bond donors (Lipinski definition) is 1. The van der Waals surface area contributed by atoms with Crippen LogP contribution in [-0.4, -0.2) is 45.7 Å².